The average molecular weight is 459 g/mol. The summed E-state index contributed by atoms with van der Waals surface area (Å²) < 4.78 is 2.09. The summed E-state index contributed by atoms with van der Waals surface area (Å²) in [5, 5.41) is 6.11. The van der Waals surface area contributed by atoms with E-state index in [4.69, 9.17) is 16.6 Å². The summed E-state index contributed by atoms with van der Waals surface area (Å²) >= 11 is 6.29. The molecule has 4 aromatic rings. The summed E-state index contributed by atoms with van der Waals surface area (Å²) in [6, 6.07) is 23.2. The van der Waals surface area contributed by atoms with E-state index in [1.54, 1.807) is 18.2 Å². The van der Waals surface area contributed by atoms with Gasteiger partial charge < -0.3 is 10.6 Å². The van der Waals surface area contributed by atoms with Crippen LogP contribution in [0.5, 0.6) is 0 Å². The highest BCUT2D eigenvalue weighted by Crippen LogP contribution is 2.25. The second-order valence-corrected chi connectivity index (χ2v) is 8.59. The highest BCUT2D eigenvalue weighted by molar-refractivity contribution is 6.34. The molecule has 0 atom stereocenters. The molecule has 166 valence electrons. The molecule has 1 aliphatic rings. The van der Waals surface area contributed by atoms with Gasteiger partial charge in [0.15, 0.2) is 0 Å². The minimum absolute atomic E-state index is 0.145. The Morgan fingerprint density at radius 2 is 1.76 bits per heavy atom. The molecule has 0 aliphatic heterocycles. The molecule has 7 heteroatoms. The van der Waals surface area contributed by atoms with Crippen LogP contribution in [0.2, 0.25) is 5.02 Å². The van der Waals surface area contributed by atoms with Crippen molar-refractivity contribution in [2.75, 3.05) is 5.32 Å². The molecule has 3 aromatic carbocycles. The van der Waals surface area contributed by atoms with Crippen LogP contribution in [0.1, 0.15) is 35.4 Å². The smallest absolute Gasteiger partial charge is 0.253 e. The van der Waals surface area contributed by atoms with Gasteiger partial charge in [0.25, 0.3) is 5.91 Å². The van der Waals surface area contributed by atoms with Crippen molar-refractivity contribution >= 4 is 40.1 Å². The van der Waals surface area contributed by atoms with Crippen molar-refractivity contribution in [1.82, 2.24) is 14.9 Å². The third kappa shape index (κ3) is 4.76. The number of fused-ring (bicyclic) bond motifs is 1. The van der Waals surface area contributed by atoms with Gasteiger partial charge in [0.1, 0.15) is 5.82 Å². The molecule has 1 fully saturated rings. The van der Waals surface area contributed by atoms with Crippen LogP contribution in [0.25, 0.3) is 16.7 Å². The fraction of sp³-hybridized carbons (Fsp3) is 0.192. The molecule has 0 radical (unpaired) electrons. The first-order chi connectivity index (χ1) is 16.1. The number of halogens is 1. The van der Waals surface area contributed by atoms with Crippen LogP contribution in [0.15, 0.2) is 72.8 Å². The van der Waals surface area contributed by atoms with Crippen molar-refractivity contribution in [3.05, 3.63) is 89.2 Å². The van der Waals surface area contributed by atoms with Gasteiger partial charge in [-0.3, -0.25) is 14.2 Å². The fourth-order valence-corrected chi connectivity index (χ4v) is 4.09. The Kier molecular flexibility index (Phi) is 5.84. The Labute approximate surface area is 196 Å². The zero-order valence-electron chi connectivity index (χ0n) is 17.9. The lowest BCUT2D eigenvalue weighted by atomic mass is 10.2. The number of aryl methyl sites for hydroxylation is 1. The van der Waals surface area contributed by atoms with Gasteiger partial charge in [0.05, 0.1) is 21.6 Å². The second kappa shape index (κ2) is 9.08. The SMILES string of the molecule is O=C(CCc1nc2ccccc2n1-c1ccccc1)Nc1ccc(C(=O)NC2CC2)c(Cl)c1. The normalized spacial score (nSPS) is 13.1. The molecular formula is C26H23ClN4O2. The highest BCUT2D eigenvalue weighted by Gasteiger charge is 2.24. The van der Waals surface area contributed by atoms with Crippen LogP contribution < -0.4 is 10.6 Å². The number of benzene rings is 3. The molecule has 1 saturated carbocycles. The van der Waals surface area contributed by atoms with Gasteiger partial charge in [0.2, 0.25) is 5.91 Å². The number of nitrogens with zero attached hydrogens (tertiary/aromatic N) is 2. The average Bonchev–Trinajstić information content (AvgIpc) is 3.55. The van der Waals surface area contributed by atoms with Crippen LogP contribution in [0.3, 0.4) is 0 Å². The quantitative estimate of drug-likeness (QED) is 0.402. The summed E-state index contributed by atoms with van der Waals surface area (Å²) in [6.45, 7) is 0. The number of nitrogens with one attached hydrogen (secondary N) is 2. The van der Waals surface area contributed by atoms with Gasteiger partial charge in [-0.25, -0.2) is 4.98 Å². The Morgan fingerprint density at radius 1 is 1.00 bits per heavy atom. The largest absolute Gasteiger partial charge is 0.349 e. The van der Waals surface area contributed by atoms with Crippen molar-refractivity contribution in [1.29, 1.82) is 0 Å². The van der Waals surface area contributed by atoms with E-state index in [1.165, 1.54) is 0 Å². The van der Waals surface area contributed by atoms with Crippen LogP contribution in [-0.4, -0.2) is 27.4 Å². The third-order valence-electron chi connectivity index (χ3n) is 5.63. The van der Waals surface area contributed by atoms with E-state index in [0.717, 1.165) is 35.4 Å². The fourth-order valence-electron chi connectivity index (χ4n) is 3.83. The van der Waals surface area contributed by atoms with Gasteiger partial charge in [-0.05, 0) is 55.3 Å². The number of carbonyl (C=O) groups is 2. The number of anilines is 1. The molecule has 1 heterocycles. The number of aromatic nitrogens is 2. The number of rotatable bonds is 7. The molecule has 0 unspecified atom stereocenters. The van der Waals surface area contributed by atoms with Crippen molar-refractivity contribution < 1.29 is 9.59 Å². The monoisotopic (exact) mass is 458 g/mol. The maximum absolute atomic E-state index is 12.7. The molecule has 0 bridgehead atoms. The zero-order valence-corrected chi connectivity index (χ0v) is 18.7. The van der Waals surface area contributed by atoms with Crippen LogP contribution in [0.4, 0.5) is 5.69 Å². The Bertz CT molecular complexity index is 1330. The summed E-state index contributed by atoms with van der Waals surface area (Å²) in [4.78, 5) is 29.7. The van der Waals surface area contributed by atoms with Gasteiger partial charge in [-0.2, -0.15) is 0 Å². The van der Waals surface area contributed by atoms with E-state index < -0.39 is 0 Å². The third-order valence-corrected chi connectivity index (χ3v) is 5.94. The maximum Gasteiger partial charge on any atom is 0.253 e. The Balaban J connectivity index is 1.29. The molecule has 6 nitrogen and oxygen atoms in total. The van der Waals surface area contributed by atoms with Crippen molar-refractivity contribution in [2.45, 2.75) is 31.7 Å². The first-order valence-electron chi connectivity index (χ1n) is 11.0. The summed E-state index contributed by atoms with van der Waals surface area (Å²) in [6.07, 6.45) is 2.76. The van der Waals surface area contributed by atoms with E-state index in [-0.39, 0.29) is 24.3 Å². The number of hydrogen-bond donors (Lipinski definition) is 2. The van der Waals surface area contributed by atoms with E-state index in [2.05, 4.69) is 15.2 Å². The van der Waals surface area contributed by atoms with Gasteiger partial charge >= 0.3 is 0 Å². The lowest BCUT2D eigenvalue weighted by Crippen LogP contribution is -2.25. The van der Waals surface area contributed by atoms with Gasteiger partial charge in [-0.15, -0.1) is 0 Å². The summed E-state index contributed by atoms with van der Waals surface area (Å²) in [5.74, 6) is 0.496. The van der Waals surface area contributed by atoms with E-state index in [0.29, 0.717) is 22.7 Å². The van der Waals surface area contributed by atoms with Crippen molar-refractivity contribution in [3.8, 4) is 5.69 Å². The van der Waals surface area contributed by atoms with E-state index in [9.17, 15) is 9.59 Å². The predicted octanol–water partition coefficient (Wildman–Crippen LogP) is 5.14. The number of para-hydroxylation sites is 3. The minimum atomic E-state index is -0.180. The second-order valence-electron chi connectivity index (χ2n) is 8.18. The topological polar surface area (TPSA) is 76.0 Å². The van der Waals surface area contributed by atoms with Crippen LogP contribution >= 0.6 is 11.6 Å². The standard InChI is InChI=1S/C26H23ClN4O2/c27-21-16-18(12-13-20(21)26(33)29-17-10-11-17)28-25(32)15-14-24-30-22-8-4-5-9-23(22)31(24)19-6-2-1-3-7-19/h1-9,12-13,16-17H,10-11,14-15H2,(H,28,32)(H,29,33). The molecule has 2 amide bonds. The maximum atomic E-state index is 12.7. The number of hydrogen-bond acceptors (Lipinski definition) is 3. The highest BCUT2D eigenvalue weighted by atomic mass is 35.5. The molecule has 1 aliphatic carbocycles. The predicted molar refractivity (Wildman–Crippen MR) is 130 cm³/mol. The van der Waals surface area contributed by atoms with E-state index >= 15 is 0 Å². The molecular weight excluding hydrogens is 436 g/mol. The summed E-state index contributed by atoms with van der Waals surface area (Å²) in [7, 11) is 0. The summed E-state index contributed by atoms with van der Waals surface area (Å²) in [5.41, 5.74) is 3.88. The van der Waals surface area contributed by atoms with Gasteiger partial charge in [0, 0.05) is 30.3 Å². The first-order valence-corrected chi connectivity index (χ1v) is 11.4. The Morgan fingerprint density at radius 3 is 2.52 bits per heavy atom. The van der Waals surface area contributed by atoms with E-state index in [1.807, 2.05) is 54.6 Å². The van der Waals surface area contributed by atoms with Crippen molar-refractivity contribution in [3.63, 3.8) is 0 Å². The van der Waals surface area contributed by atoms with Crippen LogP contribution in [-0.2, 0) is 11.2 Å². The molecule has 2 N–H and O–H groups in total. The van der Waals surface area contributed by atoms with Crippen molar-refractivity contribution in [2.24, 2.45) is 0 Å². The number of imidazole rings is 1. The lowest BCUT2D eigenvalue weighted by Gasteiger charge is -2.11. The van der Waals surface area contributed by atoms with Crippen LogP contribution in [0, 0.1) is 0 Å². The molecule has 1 aromatic heterocycles. The lowest BCUT2D eigenvalue weighted by molar-refractivity contribution is -0.116. The zero-order chi connectivity index (χ0) is 22.8. The molecule has 33 heavy (non-hydrogen) atoms. The molecule has 0 saturated heterocycles. The minimum Gasteiger partial charge on any atom is -0.349 e. The first kappa shape index (κ1) is 21.2. The number of carbonyl (C=O) groups excluding carboxylic acids is 2. The molecule has 0 spiro atoms. The van der Waals surface area contributed by atoms with Gasteiger partial charge in [-0.1, -0.05) is 41.9 Å². The molecule has 5 rings (SSSR count). The number of amides is 2. The Hall–Kier alpha value is -3.64.